The molecule has 0 saturated heterocycles. The number of nitrogens with two attached hydrogens (primary N) is 1. The van der Waals surface area contributed by atoms with Crippen molar-refractivity contribution in [2.75, 3.05) is 18.1 Å². The van der Waals surface area contributed by atoms with E-state index in [-0.39, 0.29) is 17.7 Å². The van der Waals surface area contributed by atoms with Gasteiger partial charge < -0.3 is 11.1 Å². The van der Waals surface area contributed by atoms with Gasteiger partial charge in [-0.3, -0.25) is 9.59 Å². The van der Waals surface area contributed by atoms with E-state index in [1.54, 1.807) is 12.1 Å². The Bertz CT molecular complexity index is 478. The van der Waals surface area contributed by atoms with Gasteiger partial charge in [-0.25, -0.2) is 0 Å². The third-order valence-corrected chi connectivity index (χ3v) is 4.80. The predicted molar refractivity (Wildman–Crippen MR) is 86.4 cm³/mol. The summed E-state index contributed by atoms with van der Waals surface area (Å²) in [6.45, 7) is 0.630. The average molecular weight is 306 g/mol. The number of hydrogen-bond acceptors (Lipinski definition) is 4. The standard InChI is InChI=1S/C16H22N2O2S/c17-9-13-7-4-8-14(13)18-16(20)11-21-10-15(19)12-5-2-1-3-6-12/h1-3,5-6,13-14H,4,7-11,17H2,(H,18,20). The van der Waals surface area contributed by atoms with Crippen molar-refractivity contribution < 1.29 is 9.59 Å². The molecule has 0 aromatic heterocycles. The molecule has 0 heterocycles. The fourth-order valence-corrected chi connectivity index (χ4v) is 3.42. The highest BCUT2D eigenvalue weighted by molar-refractivity contribution is 8.00. The van der Waals surface area contributed by atoms with Crippen LogP contribution >= 0.6 is 11.8 Å². The van der Waals surface area contributed by atoms with Crippen LogP contribution in [0.15, 0.2) is 30.3 Å². The van der Waals surface area contributed by atoms with E-state index < -0.39 is 0 Å². The van der Waals surface area contributed by atoms with Crippen molar-refractivity contribution in [2.24, 2.45) is 11.7 Å². The van der Waals surface area contributed by atoms with Gasteiger partial charge in [0.2, 0.25) is 5.91 Å². The quantitative estimate of drug-likeness (QED) is 0.754. The third-order valence-electron chi connectivity index (χ3n) is 3.87. The van der Waals surface area contributed by atoms with Gasteiger partial charge in [0.1, 0.15) is 0 Å². The van der Waals surface area contributed by atoms with Gasteiger partial charge in [0, 0.05) is 11.6 Å². The van der Waals surface area contributed by atoms with E-state index in [1.807, 2.05) is 18.2 Å². The lowest BCUT2D eigenvalue weighted by atomic mass is 10.0. The van der Waals surface area contributed by atoms with Gasteiger partial charge in [-0.1, -0.05) is 36.8 Å². The van der Waals surface area contributed by atoms with E-state index >= 15 is 0 Å². The van der Waals surface area contributed by atoms with Crippen LogP contribution in [-0.2, 0) is 4.79 Å². The van der Waals surface area contributed by atoms with Crippen LogP contribution in [0.25, 0.3) is 0 Å². The number of thioether (sulfide) groups is 1. The predicted octanol–water partition coefficient (Wildman–Crippen LogP) is 1.85. The lowest BCUT2D eigenvalue weighted by Gasteiger charge is -2.19. The van der Waals surface area contributed by atoms with Crippen molar-refractivity contribution in [3.05, 3.63) is 35.9 Å². The van der Waals surface area contributed by atoms with Crippen molar-refractivity contribution in [2.45, 2.75) is 25.3 Å². The molecule has 2 unspecified atom stereocenters. The Kier molecular flexibility index (Phi) is 6.26. The molecule has 5 heteroatoms. The second-order valence-electron chi connectivity index (χ2n) is 5.38. The fraction of sp³-hybridized carbons (Fsp3) is 0.500. The Morgan fingerprint density at radius 1 is 1.19 bits per heavy atom. The molecule has 1 fully saturated rings. The summed E-state index contributed by atoms with van der Waals surface area (Å²) in [5, 5.41) is 3.04. The van der Waals surface area contributed by atoms with E-state index in [1.165, 1.54) is 11.8 Å². The molecule has 0 aliphatic heterocycles. The number of ketones is 1. The minimum atomic E-state index is 0.00575. The van der Waals surface area contributed by atoms with Gasteiger partial charge in [0.25, 0.3) is 0 Å². The second-order valence-corrected chi connectivity index (χ2v) is 6.37. The number of carbonyl (C=O) groups is 2. The molecule has 114 valence electrons. The molecule has 1 aliphatic rings. The van der Waals surface area contributed by atoms with E-state index in [4.69, 9.17) is 5.73 Å². The second kappa shape index (κ2) is 8.20. The summed E-state index contributed by atoms with van der Waals surface area (Å²) in [7, 11) is 0. The maximum absolute atomic E-state index is 11.9. The molecule has 1 aliphatic carbocycles. The fourth-order valence-electron chi connectivity index (χ4n) is 2.70. The van der Waals surface area contributed by atoms with Crippen LogP contribution in [-0.4, -0.2) is 35.8 Å². The summed E-state index contributed by atoms with van der Waals surface area (Å²) < 4.78 is 0. The largest absolute Gasteiger partial charge is 0.352 e. The summed E-state index contributed by atoms with van der Waals surface area (Å²) in [6.07, 6.45) is 3.24. The highest BCUT2D eigenvalue weighted by Gasteiger charge is 2.27. The molecule has 1 aromatic carbocycles. The van der Waals surface area contributed by atoms with Crippen LogP contribution in [0, 0.1) is 5.92 Å². The van der Waals surface area contributed by atoms with Gasteiger partial charge in [-0.05, 0) is 25.3 Å². The number of hydrogen-bond donors (Lipinski definition) is 2. The average Bonchev–Trinajstić information content (AvgIpc) is 2.95. The monoisotopic (exact) mass is 306 g/mol. The van der Waals surface area contributed by atoms with Crippen LogP contribution in [0.3, 0.4) is 0 Å². The van der Waals surface area contributed by atoms with Gasteiger partial charge in [0.15, 0.2) is 5.78 Å². The SMILES string of the molecule is NCC1CCCC1NC(=O)CSCC(=O)c1ccccc1. The minimum Gasteiger partial charge on any atom is -0.352 e. The van der Waals surface area contributed by atoms with Crippen molar-refractivity contribution >= 4 is 23.5 Å². The number of nitrogens with one attached hydrogen (secondary N) is 1. The molecule has 0 radical (unpaired) electrons. The molecule has 2 rings (SSSR count). The summed E-state index contributed by atoms with van der Waals surface area (Å²) in [6, 6.07) is 9.39. The Hall–Kier alpha value is -1.33. The van der Waals surface area contributed by atoms with Crippen LogP contribution in [0.5, 0.6) is 0 Å². The zero-order valence-corrected chi connectivity index (χ0v) is 12.9. The molecule has 1 aromatic rings. The maximum Gasteiger partial charge on any atom is 0.230 e. The molecule has 4 nitrogen and oxygen atoms in total. The van der Waals surface area contributed by atoms with Crippen molar-refractivity contribution in [3.8, 4) is 0 Å². The van der Waals surface area contributed by atoms with E-state index in [2.05, 4.69) is 5.32 Å². The first-order chi connectivity index (χ1) is 10.2. The molecular weight excluding hydrogens is 284 g/mol. The maximum atomic E-state index is 11.9. The summed E-state index contributed by atoms with van der Waals surface area (Å²) in [5.74, 6) is 1.14. The molecule has 1 saturated carbocycles. The summed E-state index contributed by atoms with van der Waals surface area (Å²) >= 11 is 1.36. The molecule has 0 spiro atoms. The lowest BCUT2D eigenvalue weighted by Crippen LogP contribution is -2.40. The zero-order chi connectivity index (χ0) is 15.1. The number of benzene rings is 1. The lowest BCUT2D eigenvalue weighted by molar-refractivity contribution is -0.119. The highest BCUT2D eigenvalue weighted by Crippen LogP contribution is 2.24. The van der Waals surface area contributed by atoms with Crippen LogP contribution in [0.4, 0.5) is 0 Å². The number of carbonyl (C=O) groups excluding carboxylic acids is 2. The molecule has 21 heavy (non-hydrogen) atoms. The van der Waals surface area contributed by atoms with Crippen molar-refractivity contribution in [1.29, 1.82) is 0 Å². The van der Waals surface area contributed by atoms with Gasteiger partial charge >= 0.3 is 0 Å². The third kappa shape index (κ3) is 4.86. The molecule has 2 atom stereocenters. The van der Waals surface area contributed by atoms with Crippen LogP contribution < -0.4 is 11.1 Å². The smallest absolute Gasteiger partial charge is 0.230 e. The normalized spacial score (nSPS) is 21.2. The van der Waals surface area contributed by atoms with Crippen molar-refractivity contribution in [3.63, 3.8) is 0 Å². The van der Waals surface area contributed by atoms with E-state index in [0.717, 1.165) is 19.3 Å². The topological polar surface area (TPSA) is 72.2 Å². The molecule has 3 N–H and O–H groups in total. The van der Waals surface area contributed by atoms with E-state index in [0.29, 0.717) is 29.5 Å². The molecule has 1 amide bonds. The van der Waals surface area contributed by atoms with Crippen LogP contribution in [0.2, 0.25) is 0 Å². The Morgan fingerprint density at radius 3 is 2.67 bits per heavy atom. The van der Waals surface area contributed by atoms with E-state index in [9.17, 15) is 9.59 Å². The highest BCUT2D eigenvalue weighted by atomic mass is 32.2. The van der Waals surface area contributed by atoms with Gasteiger partial charge in [-0.15, -0.1) is 11.8 Å². The number of Topliss-reactive ketones (excluding diaryl/α,β-unsaturated/α-hetero) is 1. The minimum absolute atomic E-state index is 0.00575. The summed E-state index contributed by atoms with van der Waals surface area (Å²) in [4.78, 5) is 23.8. The van der Waals surface area contributed by atoms with Gasteiger partial charge in [-0.2, -0.15) is 0 Å². The Balaban J connectivity index is 1.69. The molecule has 0 bridgehead atoms. The first-order valence-electron chi connectivity index (χ1n) is 7.36. The number of rotatable bonds is 7. The summed E-state index contributed by atoms with van der Waals surface area (Å²) in [5.41, 5.74) is 6.40. The molecular formula is C16H22N2O2S. The Labute approximate surface area is 129 Å². The van der Waals surface area contributed by atoms with Gasteiger partial charge in [0.05, 0.1) is 11.5 Å². The van der Waals surface area contributed by atoms with Crippen molar-refractivity contribution in [1.82, 2.24) is 5.32 Å². The Morgan fingerprint density at radius 2 is 1.95 bits per heavy atom. The number of amides is 1. The van der Waals surface area contributed by atoms with Crippen LogP contribution in [0.1, 0.15) is 29.6 Å². The first kappa shape index (κ1) is 16.0. The first-order valence-corrected chi connectivity index (χ1v) is 8.51. The zero-order valence-electron chi connectivity index (χ0n) is 12.1.